The van der Waals surface area contributed by atoms with E-state index in [1.165, 1.54) is 22.3 Å². The van der Waals surface area contributed by atoms with Crippen LogP contribution in [0.1, 0.15) is 34.5 Å². The zero-order valence-electron chi connectivity index (χ0n) is 15.9. The maximum Gasteiger partial charge on any atom is 0.226 e. The molecule has 0 saturated carbocycles. The van der Waals surface area contributed by atoms with Gasteiger partial charge in [-0.1, -0.05) is 19.1 Å². The Labute approximate surface area is 166 Å². The van der Waals surface area contributed by atoms with Crippen molar-refractivity contribution in [1.82, 2.24) is 9.97 Å². The first-order chi connectivity index (χ1) is 13.4. The summed E-state index contributed by atoms with van der Waals surface area (Å²) >= 11 is 1.45. The zero-order valence-corrected chi connectivity index (χ0v) is 16.7. The second-order valence-electron chi connectivity index (χ2n) is 6.39. The highest BCUT2D eigenvalue weighted by Gasteiger charge is 2.15. The minimum atomic E-state index is -0.485. The second kappa shape index (κ2) is 8.39. The summed E-state index contributed by atoms with van der Waals surface area (Å²) in [6.07, 6.45) is 2.07. The molecule has 1 aromatic carbocycles. The number of aromatic nitrogens is 2. The van der Waals surface area contributed by atoms with Crippen molar-refractivity contribution in [3.63, 3.8) is 0 Å². The van der Waals surface area contributed by atoms with Crippen molar-refractivity contribution >= 4 is 28.7 Å². The Bertz CT molecular complexity index is 1010. The first-order valence-electron chi connectivity index (χ1n) is 8.85. The third-order valence-electron chi connectivity index (χ3n) is 4.35. The van der Waals surface area contributed by atoms with Crippen molar-refractivity contribution < 1.29 is 14.0 Å². The van der Waals surface area contributed by atoms with Crippen LogP contribution in [0.5, 0.6) is 0 Å². The Hall–Kier alpha value is -2.93. The number of hydrogen-bond donors (Lipinski definition) is 0. The van der Waals surface area contributed by atoms with E-state index >= 15 is 0 Å². The van der Waals surface area contributed by atoms with Gasteiger partial charge in [0.15, 0.2) is 5.78 Å². The van der Waals surface area contributed by atoms with Gasteiger partial charge in [-0.15, -0.1) is 11.3 Å². The third-order valence-corrected chi connectivity index (χ3v) is 5.31. The van der Waals surface area contributed by atoms with Crippen LogP contribution in [-0.2, 0) is 11.2 Å². The molecule has 0 unspecified atom stereocenters. The molecule has 3 rings (SSSR count). The van der Waals surface area contributed by atoms with Gasteiger partial charge in [0.25, 0.3) is 0 Å². The maximum atomic E-state index is 14.5. The van der Waals surface area contributed by atoms with E-state index in [0.29, 0.717) is 23.2 Å². The molecular weight excluding hydrogens is 377 g/mol. The number of pyridine rings is 1. The summed E-state index contributed by atoms with van der Waals surface area (Å²) < 4.78 is 14.5. The first kappa shape index (κ1) is 19.8. The summed E-state index contributed by atoms with van der Waals surface area (Å²) in [4.78, 5) is 33.9. The molecule has 0 fully saturated rings. The van der Waals surface area contributed by atoms with Gasteiger partial charge < -0.3 is 4.90 Å². The number of nitrogens with zero attached hydrogens (tertiary/aromatic N) is 3. The number of rotatable bonds is 6. The fraction of sp³-hybridized carbons (Fsp3) is 0.238. The fourth-order valence-electron chi connectivity index (χ4n) is 2.77. The predicted octanol–water partition coefficient (Wildman–Crippen LogP) is 4.45. The molecule has 0 bridgehead atoms. The largest absolute Gasteiger partial charge is 0.313 e. The van der Waals surface area contributed by atoms with Gasteiger partial charge in [-0.25, -0.2) is 9.37 Å². The lowest BCUT2D eigenvalue weighted by molar-refractivity contribution is -0.118. The molecule has 0 N–H and O–H groups in total. The molecule has 0 aliphatic rings. The molecule has 5 nitrogen and oxygen atoms in total. The molecule has 2 aromatic heterocycles. The molecule has 144 valence electrons. The molecule has 0 radical (unpaired) electrons. The van der Waals surface area contributed by atoms with E-state index in [1.54, 1.807) is 44.4 Å². The lowest BCUT2D eigenvalue weighted by atomic mass is 10.1. The van der Waals surface area contributed by atoms with E-state index in [1.807, 2.05) is 12.3 Å². The maximum absolute atomic E-state index is 14.5. The van der Waals surface area contributed by atoms with Crippen LogP contribution in [0.25, 0.3) is 11.1 Å². The zero-order chi connectivity index (χ0) is 20.3. The number of halogens is 1. The molecule has 0 spiro atoms. The summed E-state index contributed by atoms with van der Waals surface area (Å²) in [7, 11) is 1.55. The molecule has 3 aromatic rings. The molecule has 2 heterocycles. The number of benzene rings is 1. The number of hydrogen-bond acceptors (Lipinski definition) is 5. The SMILES string of the molecule is CCC(=O)N(C)c1ccc(-c2ccc(C(=O)Cc3nc(C)cs3)nc2)cc1F. The van der Waals surface area contributed by atoms with Gasteiger partial charge in [-0.05, 0) is 30.7 Å². The molecule has 0 aliphatic heterocycles. The Balaban J connectivity index is 1.77. The highest BCUT2D eigenvalue weighted by molar-refractivity contribution is 7.09. The van der Waals surface area contributed by atoms with Crippen molar-refractivity contribution in [2.45, 2.75) is 26.7 Å². The van der Waals surface area contributed by atoms with Crippen molar-refractivity contribution in [2.24, 2.45) is 0 Å². The van der Waals surface area contributed by atoms with Crippen LogP contribution in [0.2, 0.25) is 0 Å². The average Bonchev–Trinajstić information content (AvgIpc) is 3.11. The van der Waals surface area contributed by atoms with Gasteiger partial charge in [0.2, 0.25) is 5.91 Å². The number of Topliss-reactive ketones (excluding diaryl/α,β-unsaturated/α-hetero) is 1. The smallest absolute Gasteiger partial charge is 0.226 e. The third kappa shape index (κ3) is 4.31. The highest BCUT2D eigenvalue weighted by Crippen LogP contribution is 2.26. The quantitative estimate of drug-likeness (QED) is 0.577. The minimum Gasteiger partial charge on any atom is -0.313 e. The molecule has 7 heteroatoms. The van der Waals surface area contributed by atoms with Gasteiger partial charge >= 0.3 is 0 Å². The molecule has 0 aliphatic carbocycles. The second-order valence-corrected chi connectivity index (χ2v) is 7.33. The average molecular weight is 397 g/mol. The number of ketones is 1. The summed E-state index contributed by atoms with van der Waals surface area (Å²) in [5.74, 6) is -0.755. The van der Waals surface area contributed by atoms with Crippen LogP contribution >= 0.6 is 11.3 Å². The first-order valence-corrected chi connectivity index (χ1v) is 9.73. The van der Waals surface area contributed by atoms with Crippen LogP contribution in [0.3, 0.4) is 0 Å². The van der Waals surface area contributed by atoms with Crippen molar-refractivity contribution in [3.05, 3.63) is 64.1 Å². The number of amides is 1. The Morgan fingerprint density at radius 3 is 2.50 bits per heavy atom. The summed E-state index contributed by atoms with van der Waals surface area (Å²) in [5, 5.41) is 2.67. The van der Waals surface area contributed by atoms with E-state index in [2.05, 4.69) is 9.97 Å². The Kier molecular flexibility index (Phi) is 5.94. The van der Waals surface area contributed by atoms with E-state index in [4.69, 9.17) is 0 Å². The number of carbonyl (C=O) groups excluding carboxylic acids is 2. The van der Waals surface area contributed by atoms with Crippen LogP contribution in [0, 0.1) is 12.7 Å². The lowest BCUT2D eigenvalue weighted by Crippen LogP contribution is -2.25. The van der Waals surface area contributed by atoms with Crippen molar-refractivity contribution in [1.29, 1.82) is 0 Å². The predicted molar refractivity (Wildman–Crippen MR) is 108 cm³/mol. The standard InChI is InChI=1S/C21H20FN3O2S/c1-4-21(27)25(3)18-8-6-14(9-16(18)22)15-5-7-17(23-11-15)19(26)10-20-24-13(2)12-28-20/h5-9,11-12H,4,10H2,1-3H3. The number of anilines is 1. The summed E-state index contributed by atoms with van der Waals surface area (Å²) in [6, 6.07) is 8.04. The molecule has 28 heavy (non-hydrogen) atoms. The van der Waals surface area contributed by atoms with E-state index < -0.39 is 5.82 Å². The number of carbonyl (C=O) groups is 2. The lowest BCUT2D eigenvalue weighted by Gasteiger charge is -2.17. The number of thiazole rings is 1. The van der Waals surface area contributed by atoms with Gasteiger partial charge in [-0.2, -0.15) is 0 Å². The minimum absolute atomic E-state index is 0.109. The van der Waals surface area contributed by atoms with Gasteiger partial charge in [0, 0.05) is 36.3 Å². The van der Waals surface area contributed by atoms with Crippen LogP contribution in [-0.4, -0.2) is 28.7 Å². The Morgan fingerprint density at radius 2 is 1.93 bits per heavy atom. The van der Waals surface area contributed by atoms with Crippen LogP contribution < -0.4 is 4.90 Å². The molecular formula is C21H20FN3O2S. The van der Waals surface area contributed by atoms with Crippen molar-refractivity contribution in [2.75, 3.05) is 11.9 Å². The van der Waals surface area contributed by atoms with Crippen LogP contribution in [0.4, 0.5) is 10.1 Å². The summed E-state index contributed by atoms with van der Waals surface area (Å²) in [6.45, 7) is 3.62. The van der Waals surface area contributed by atoms with Gasteiger partial charge in [-0.3, -0.25) is 14.6 Å². The van der Waals surface area contributed by atoms with E-state index in [9.17, 15) is 14.0 Å². The topological polar surface area (TPSA) is 63.2 Å². The van der Waals surface area contributed by atoms with E-state index in [0.717, 1.165) is 10.7 Å². The molecule has 0 atom stereocenters. The van der Waals surface area contributed by atoms with Gasteiger partial charge in [0.05, 0.1) is 12.1 Å². The Morgan fingerprint density at radius 1 is 1.18 bits per heavy atom. The number of aryl methyl sites for hydroxylation is 1. The van der Waals surface area contributed by atoms with Crippen LogP contribution in [0.15, 0.2) is 41.9 Å². The normalized spacial score (nSPS) is 10.7. The fourth-order valence-corrected chi connectivity index (χ4v) is 3.54. The molecule has 0 saturated heterocycles. The summed E-state index contributed by atoms with van der Waals surface area (Å²) in [5.41, 5.74) is 2.79. The van der Waals surface area contributed by atoms with E-state index in [-0.39, 0.29) is 23.8 Å². The van der Waals surface area contributed by atoms with Gasteiger partial charge in [0.1, 0.15) is 16.5 Å². The molecule has 1 amide bonds. The highest BCUT2D eigenvalue weighted by atomic mass is 32.1. The monoisotopic (exact) mass is 397 g/mol. The van der Waals surface area contributed by atoms with Crippen molar-refractivity contribution in [3.8, 4) is 11.1 Å².